The molecule has 1 aromatic rings. The van der Waals surface area contributed by atoms with E-state index in [2.05, 4.69) is 24.1 Å². The van der Waals surface area contributed by atoms with Crippen LogP contribution in [0.3, 0.4) is 0 Å². The molecule has 0 aliphatic rings. The molecule has 0 saturated heterocycles. The van der Waals surface area contributed by atoms with Crippen LogP contribution in [0.4, 0.5) is 5.69 Å². The molecule has 0 aliphatic heterocycles. The molecule has 0 heterocycles. The molecule has 0 aromatic heterocycles. The second-order valence-electron chi connectivity index (χ2n) is 3.90. The summed E-state index contributed by atoms with van der Waals surface area (Å²) in [5.41, 5.74) is 0.872. The number of hydrogen-bond donors (Lipinski definition) is 1. The van der Waals surface area contributed by atoms with Gasteiger partial charge < -0.3 is 10.2 Å². The summed E-state index contributed by atoms with van der Waals surface area (Å²) in [5, 5.41) is 4.65. The lowest BCUT2D eigenvalue weighted by Crippen LogP contribution is -2.35. The molecule has 0 fully saturated rings. The Bertz CT molecular complexity index is 362. The monoisotopic (exact) mass is 270 g/mol. The largest absolute Gasteiger partial charge is 0.349 e. The molecule has 4 heteroatoms. The molecule has 0 amide bonds. The van der Waals surface area contributed by atoms with Crippen molar-refractivity contribution in [2.24, 2.45) is 0 Å². The molecular formula is C13H19ClN2S. The highest BCUT2D eigenvalue weighted by atomic mass is 35.5. The predicted octanol–water partition coefficient (Wildman–Crippen LogP) is 4.16. The van der Waals surface area contributed by atoms with Gasteiger partial charge in [-0.25, -0.2) is 0 Å². The van der Waals surface area contributed by atoms with Crippen LogP contribution in [0.15, 0.2) is 24.3 Å². The molecule has 2 nitrogen and oxygen atoms in total. The summed E-state index contributed by atoms with van der Waals surface area (Å²) in [7, 11) is 0. The van der Waals surface area contributed by atoms with E-state index >= 15 is 0 Å². The van der Waals surface area contributed by atoms with Crippen molar-refractivity contribution in [2.45, 2.75) is 26.7 Å². The van der Waals surface area contributed by atoms with Crippen molar-refractivity contribution in [1.29, 1.82) is 0 Å². The Morgan fingerprint density at radius 1 is 1.24 bits per heavy atom. The minimum atomic E-state index is 0.697. The molecule has 0 spiro atoms. The average Bonchev–Trinajstić information content (AvgIpc) is 2.32. The molecule has 0 saturated carbocycles. The van der Waals surface area contributed by atoms with Crippen molar-refractivity contribution < 1.29 is 0 Å². The van der Waals surface area contributed by atoms with Crippen molar-refractivity contribution in [3.63, 3.8) is 0 Å². The van der Waals surface area contributed by atoms with E-state index < -0.39 is 0 Å². The van der Waals surface area contributed by atoms with Crippen LogP contribution in [-0.2, 0) is 0 Å². The van der Waals surface area contributed by atoms with Gasteiger partial charge in [-0.1, -0.05) is 37.6 Å². The maximum atomic E-state index is 6.09. The molecule has 0 radical (unpaired) electrons. The average molecular weight is 271 g/mol. The molecule has 17 heavy (non-hydrogen) atoms. The maximum absolute atomic E-state index is 6.09. The van der Waals surface area contributed by atoms with Crippen LogP contribution in [0.2, 0.25) is 5.02 Å². The fraction of sp³-hybridized carbons (Fsp3) is 0.462. The van der Waals surface area contributed by atoms with E-state index in [4.69, 9.17) is 23.8 Å². The van der Waals surface area contributed by atoms with Crippen LogP contribution in [-0.4, -0.2) is 23.1 Å². The number of benzene rings is 1. The van der Waals surface area contributed by atoms with Crippen LogP contribution < -0.4 is 5.32 Å². The number of halogens is 1. The first-order valence-corrected chi connectivity index (χ1v) is 6.78. The first-order valence-electron chi connectivity index (χ1n) is 5.99. The van der Waals surface area contributed by atoms with Crippen LogP contribution in [0.5, 0.6) is 0 Å². The Balaban J connectivity index is 2.66. The highest BCUT2D eigenvalue weighted by molar-refractivity contribution is 7.80. The molecule has 0 aliphatic carbocycles. The smallest absolute Gasteiger partial charge is 0.173 e. The highest BCUT2D eigenvalue weighted by Crippen LogP contribution is 2.20. The van der Waals surface area contributed by atoms with Gasteiger partial charge in [0.1, 0.15) is 0 Å². The lowest BCUT2D eigenvalue weighted by atomic mass is 10.3. The number of anilines is 1. The van der Waals surface area contributed by atoms with Gasteiger partial charge in [0.15, 0.2) is 5.11 Å². The third-order valence-corrected chi connectivity index (χ3v) is 3.08. The minimum absolute atomic E-state index is 0.697. The predicted molar refractivity (Wildman–Crippen MR) is 79.8 cm³/mol. The normalized spacial score (nSPS) is 10.1. The molecular weight excluding hydrogens is 252 g/mol. The Labute approximate surface area is 114 Å². The van der Waals surface area contributed by atoms with Crippen LogP contribution in [0.1, 0.15) is 26.7 Å². The maximum Gasteiger partial charge on any atom is 0.173 e. The van der Waals surface area contributed by atoms with Crippen LogP contribution >= 0.6 is 23.8 Å². The second kappa shape index (κ2) is 7.51. The summed E-state index contributed by atoms with van der Waals surface area (Å²) in [4.78, 5) is 2.18. The van der Waals surface area contributed by atoms with E-state index in [1.165, 1.54) is 0 Å². The number of para-hydroxylation sites is 1. The molecule has 0 atom stereocenters. The van der Waals surface area contributed by atoms with Gasteiger partial charge in [0, 0.05) is 13.1 Å². The summed E-state index contributed by atoms with van der Waals surface area (Å²) in [6.45, 7) is 6.26. The zero-order valence-electron chi connectivity index (χ0n) is 10.4. The standard InChI is InChI=1S/C13H19ClN2S/c1-3-9-16(10-4-2)13(17)15-12-8-6-5-7-11(12)14/h5-8H,3-4,9-10H2,1-2H3,(H,15,17). The lowest BCUT2D eigenvalue weighted by Gasteiger charge is -2.25. The van der Waals surface area contributed by atoms with Gasteiger partial charge in [-0.15, -0.1) is 0 Å². The van der Waals surface area contributed by atoms with Gasteiger partial charge in [0.2, 0.25) is 0 Å². The summed E-state index contributed by atoms with van der Waals surface area (Å²) in [6, 6.07) is 7.65. The van der Waals surface area contributed by atoms with Crippen LogP contribution in [0.25, 0.3) is 0 Å². The summed E-state index contributed by atoms with van der Waals surface area (Å²) >= 11 is 11.5. The fourth-order valence-electron chi connectivity index (χ4n) is 1.61. The number of thiocarbonyl (C=S) groups is 1. The summed E-state index contributed by atoms with van der Waals surface area (Å²) in [6.07, 6.45) is 2.18. The van der Waals surface area contributed by atoms with E-state index in [1.807, 2.05) is 24.3 Å². The van der Waals surface area contributed by atoms with Gasteiger partial charge in [0.05, 0.1) is 10.7 Å². The van der Waals surface area contributed by atoms with Crippen molar-refractivity contribution >= 4 is 34.6 Å². The Hall–Kier alpha value is -0.800. The van der Waals surface area contributed by atoms with Crippen molar-refractivity contribution in [2.75, 3.05) is 18.4 Å². The van der Waals surface area contributed by atoms with Gasteiger partial charge in [-0.05, 0) is 37.2 Å². The Morgan fingerprint density at radius 3 is 2.35 bits per heavy atom. The van der Waals surface area contributed by atoms with Crippen LogP contribution in [0, 0.1) is 0 Å². The number of rotatable bonds is 5. The van der Waals surface area contributed by atoms with E-state index in [9.17, 15) is 0 Å². The van der Waals surface area contributed by atoms with Crippen molar-refractivity contribution in [3.8, 4) is 0 Å². The van der Waals surface area contributed by atoms with E-state index in [0.29, 0.717) is 5.02 Å². The number of nitrogens with zero attached hydrogens (tertiary/aromatic N) is 1. The third-order valence-electron chi connectivity index (χ3n) is 2.39. The summed E-state index contributed by atoms with van der Waals surface area (Å²) in [5.74, 6) is 0. The molecule has 1 N–H and O–H groups in total. The molecule has 1 rings (SSSR count). The quantitative estimate of drug-likeness (QED) is 0.809. The number of nitrogens with one attached hydrogen (secondary N) is 1. The Morgan fingerprint density at radius 2 is 1.82 bits per heavy atom. The zero-order valence-corrected chi connectivity index (χ0v) is 11.9. The van der Waals surface area contributed by atoms with E-state index in [-0.39, 0.29) is 0 Å². The highest BCUT2D eigenvalue weighted by Gasteiger charge is 2.08. The number of hydrogen-bond acceptors (Lipinski definition) is 1. The molecule has 0 unspecified atom stereocenters. The molecule has 0 bridgehead atoms. The Kier molecular flexibility index (Phi) is 6.30. The van der Waals surface area contributed by atoms with E-state index in [0.717, 1.165) is 36.7 Å². The van der Waals surface area contributed by atoms with Crippen molar-refractivity contribution in [3.05, 3.63) is 29.3 Å². The minimum Gasteiger partial charge on any atom is -0.349 e. The van der Waals surface area contributed by atoms with Gasteiger partial charge in [-0.3, -0.25) is 0 Å². The van der Waals surface area contributed by atoms with Gasteiger partial charge in [0.25, 0.3) is 0 Å². The topological polar surface area (TPSA) is 15.3 Å². The first kappa shape index (κ1) is 14.3. The fourth-order valence-corrected chi connectivity index (χ4v) is 2.09. The first-order chi connectivity index (χ1) is 8.19. The van der Waals surface area contributed by atoms with E-state index in [1.54, 1.807) is 0 Å². The molecule has 1 aromatic carbocycles. The lowest BCUT2D eigenvalue weighted by molar-refractivity contribution is 0.423. The second-order valence-corrected chi connectivity index (χ2v) is 4.69. The third kappa shape index (κ3) is 4.52. The van der Waals surface area contributed by atoms with Gasteiger partial charge >= 0.3 is 0 Å². The zero-order chi connectivity index (χ0) is 12.7. The van der Waals surface area contributed by atoms with Gasteiger partial charge in [-0.2, -0.15) is 0 Å². The SMILES string of the molecule is CCCN(CCC)C(=S)Nc1ccccc1Cl. The van der Waals surface area contributed by atoms with Crippen molar-refractivity contribution in [1.82, 2.24) is 4.90 Å². The summed E-state index contributed by atoms with van der Waals surface area (Å²) < 4.78 is 0. The molecule has 94 valence electrons.